The van der Waals surface area contributed by atoms with Crippen LogP contribution in [0, 0.1) is 24.7 Å². The number of aryl methyl sites for hydroxylation is 1. The summed E-state index contributed by atoms with van der Waals surface area (Å²) in [5.41, 5.74) is 0.512. The van der Waals surface area contributed by atoms with Gasteiger partial charge in [-0.15, -0.1) is 0 Å². The van der Waals surface area contributed by atoms with Crippen LogP contribution in [0.5, 0.6) is 0 Å². The first kappa shape index (κ1) is 12.3. The highest BCUT2D eigenvalue weighted by molar-refractivity contribution is 5.94. The molecular formula is C14H17NO4. The Bertz CT molecular complexity index is 517. The lowest BCUT2D eigenvalue weighted by molar-refractivity contribution is -0.142. The summed E-state index contributed by atoms with van der Waals surface area (Å²) in [6, 6.07) is 1.70. The lowest BCUT2D eigenvalue weighted by atomic mass is 9.92. The zero-order valence-electron chi connectivity index (χ0n) is 10.8. The summed E-state index contributed by atoms with van der Waals surface area (Å²) in [5.74, 6) is -0.0122. The molecule has 2 atom stereocenters. The normalized spacial score (nSPS) is 26.7. The smallest absolute Gasteiger partial charge is 0.308 e. The summed E-state index contributed by atoms with van der Waals surface area (Å²) < 4.78 is 5.14. The predicted octanol–water partition coefficient (Wildman–Crippen LogP) is 1.77. The topological polar surface area (TPSA) is 70.8 Å². The van der Waals surface area contributed by atoms with Gasteiger partial charge in [-0.1, -0.05) is 0 Å². The molecule has 5 nitrogen and oxygen atoms in total. The van der Waals surface area contributed by atoms with Gasteiger partial charge in [0.2, 0.25) is 0 Å². The average Bonchev–Trinajstić information content (AvgIpc) is 2.96. The number of aliphatic carboxylic acids is 1. The second-order valence-corrected chi connectivity index (χ2v) is 5.60. The fraction of sp³-hybridized carbons (Fsp3) is 0.571. The molecule has 3 rings (SSSR count). The van der Waals surface area contributed by atoms with Crippen molar-refractivity contribution in [2.24, 2.45) is 17.8 Å². The zero-order valence-corrected chi connectivity index (χ0v) is 10.8. The van der Waals surface area contributed by atoms with Crippen molar-refractivity contribution in [2.45, 2.75) is 19.8 Å². The fourth-order valence-corrected chi connectivity index (χ4v) is 3.00. The van der Waals surface area contributed by atoms with E-state index >= 15 is 0 Å². The molecule has 1 aromatic rings. The molecule has 0 bridgehead atoms. The molecule has 1 aromatic heterocycles. The van der Waals surface area contributed by atoms with E-state index in [9.17, 15) is 14.7 Å². The lowest BCUT2D eigenvalue weighted by Gasteiger charge is -2.14. The molecule has 2 heterocycles. The van der Waals surface area contributed by atoms with Gasteiger partial charge in [0.25, 0.3) is 5.91 Å². The lowest BCUT2D eigenvalue weighted by Crippen LogP contribution is -2.29. The van der Waals surface area contributed by atoms with Crippen molar-refractivity contribution in [1.29, 1.82) is 0 Å². The van der Waals surface area contributed by atoms with Crippen LogP contribution in [-0.2, 0) is 4.79 Å². The second kappa shape index (κ2) is 4.40. The number of carboxylic acids is 1. The molecule has 0 aromatic carbocycles. The third kappa shape index (κ3) is 2.25. The number of amides is 1. The van der Waals surface area contributed by atoms with E-state index in [0.29, 0.717) is 30.3 Å². The first-order chi connectivity index (χ1) is 9.06. The molecule has 1 saturated carbocycles. The Kier molecular flexibility index (Phi) is 2.84. The number of hydrogen-bond donors (Lipinski definition) is 1. The minimum absolute atomic E-state index is 0.119. The zero-order chi connectivity index (χ0) is 13.6. The van der Waals surface area contributed by atoms with Gasteiger partial charge in [0.05, 0.1) is 11.5 Å². The molecule has 1 N–H and O–H groups in total. The van der Waals surface area contributed by atoms with Gasteiger partial charge in [-0.05, 0) is 37.7 Å². The van der Waals surface area contributed by atoms with Crippen molar-refractivity contribution in [3.63, 3.8) is 0 Å². The number of furan rings is 1. The number of likely N-dealkylation sites (tertiary alicyclic amines) is 1. The van der Waals surface area contributed by atoms with Crippen molar-refractivity contribution in [1.82, 2.24) is 4.90 Å². The fourth-order valence-electron chi connectivity index (χ4n) is 3.00. The third-order valence-corrected chi connectivity index (χ3v) is 4.17. The summed E-state index contributed by atoms with van der Waals surface area (Å²) in [7, 11) is 0. The van der Waals surface area contributed by atoms with Gasteiger partial charge >= 0.3 is 5.97 Å². The molecule has 0 spiro atoms. The maximum absolute atomic E-state index is 12.3. The van der Waals surface area contributed by atoms with E-state index in [1.807, 2.05) is 0 Å². The van der Waals surface area contributed by atoms with Gasteiger partial charge in [-0.3, -0.25) is 9.59 Å². The summed E-state index contributed by atoms with van der Waals surface area (Å²) in [6.45, 7) is 2.66. The second-order valence-electron chi connectivity index (χ2n) is 5.60. The molecular weight excluding hydrogens is 246 g/mol. The Labute approximate surface area is 111 Å². The molecule has 1 aliphatic heterocycles. The molecule has 1 aliphatic carbocycles. The SMILES string of the molecule is Cc1cc(C(=O)N2C[C@H](C(=O)O)[C@@H](C3CC3)C2)co1. The van der Waals surface area contributed by atoms with Crippen LogP contribution in [0.4, 0.5) is 0 Å². The number of nitrogens with zero attached hydrogens (tertiary/aromatic N) is 1. The van der Waals surface area contributed by atoms with Crippen LogP contribution in [-0.4, -0.2) is 35.0 Å². The van der Waals surface area contributed by atoms with Gasteiger partial charge < -0.3 is 14.4 Å². The quantitative estimate of drug-likeness (QED) is 0.902. The summed E-state index contributed by atoms with van der Waals surface area (Å²) in [6.07, 6.45) is 3.64. The summed E-state index contributed by atoms with van der Waals surface area (Å²) in [5, 5.41) is 9.28. The molecule has 1 amide bonds. The van der Waals surface area contributed by atoms with Gasteiger partial charge in [-0.25, -0.2) is 0 Å². The minimum Gasteiger partial charge on any atom is -0.481 e. The maximum Gasteiger partial charge on any atom is 0.308 e. The predicted molar refractivity (Wildman–Crippen MR) is 66.7 cm³/mol. The average molecular weight is 263 g/mol. The number of hydrogen-bond acceptors (Lipinski definition) is 3. The summed E-state index contributed by atoms with van der Waals surface area (Å²) in [4.78, 5) is 25.2. The van der Waals surface area contributed by atoms with E-state index in [1.54, 1.807) is 17.9 Å². The van der Waals surface area contributed by atoms with Crippen LogP contribution in [0.1, 0.15) is 29.0 Å². The molecule has 102 valence electrons. The van der Waals surface area contributed by atoms with Gasteiger partial charge in [0, 0.05) is 13.1 Å². The first-order valence-corrected chi connectivity index (χ1v) is 6.63. The van der Waals surface area contributed by atoms with Crippen LogP contribution in [0.2, 0.25) is 0 Å². The van der Waals surface area contributed by atoms with Crippen LogP contribution >= 0.6 is 0 Å². The van der Waals surface area contributed by atoms with E-state index in [4.69, 9.17) is 4.42 Å². The van der Waals surface area contributed by atoms with E-state index in [0.717, 1.165) is 12.8 Å². The Balaban J connectivity index is 1.75. The van der Waals surface area contributed by atoms with Crippen molar-refractivity contribution in [2.75, 3.05) is 13.1 Å². The molecule has 2 aliphatic rings. The highest BCUT2D eigenvalue weighted by atomic mass is 16.4. The van der Waals surface area contributed by atoms with Crippen LogP contribution in [0.3, 0.4) is 0 Å². The third-order valence-electron chi connectivity index (χ3n) is 4.17. The molecule has 5 heteroatoms. The summed E-state index contributed by atoms with van der Waals surface area (Å²) >= 11 is 0. The molecule has 0 radical (unpaired) electrons. The number of carbonyl (C=O) groups is 2. The standard InChI is InChI=1S/C14H17NO4/c1-8-4-10(7-19-8)13(16)15-5-11(9-2-3-9)12(6-15)14(17)18/h4,7,9,11-12H,2-3,5-6H2,1H3,(H,17,18)/t11-,12+/m1/s1. The Morgan fingerprint density at radius 1 is 1.37 bits per heavy atom. The minimum atomic E-state index is -0.782. The van der Waals surface area contributed by atoms with E-state index in [2.05, 4.69) is 0 Å². The van der Waals surface area contributed by atoms with Crippen molar-refractivity contribution in [3.8, 4) is 0 Å². The van der Waals surface area contributed by atoms with Gasteiger partial charge in [0.1, 0.15) is 12.0 Å². The van der Waals surface area contributed by atoms with E-state index in [-0.39, 0.29) is 11.8 Å². The van der Waals surface area contributed by atoms with Crippen molar-refractivity contribution < 1.29 is 19.1 Å². The number of carbonyl (C=O) groups excluding carboxylic acids is 1. The monoisotopic (exact) mass is 263 g/mol. The molecule has 2 fully saturated rings. The Morgan fingerprint density at radius 3 is 2.63 bits per heavy atom. The Morgan fingerprint density at radius 2 is 2.11 bits per heavy atom. The van der Waals surface area contributed by atoms with Crippen molar-refractivity contribution >= 4 is 11.9 Å². The van der Waals surface area contributed by atoms with Gasteiger partial charge in [0.15, 0.2) is 0 Å². The number of carboxylic acid groups (broad SMARTS) is 1. The maximum atomic E-state index is 12.3. The molecule has 19 heavy (non-hydrogen) atoms. The van der Waals surface area contributed by atoms with Crippen LogP contribution < -0.4 is 0 Å². The highest BCUT2D eigenvalue weighted by Gasteiger charge is 2.47. The highest BCUT2D eigenvalue weighted by Crippen LogP contribution is 2.44. The molecule has 1 saturated heterocycles. The van der Waals surface area contributed by atoms with E-state index in [1.165, 1.54) is 6.26 Å². The Hall–Kier alpha value is -1.78. The van der Waals surface area contributed by atoms with E-state index < -0.39 is 11.9 Å². The van der Waals surface area contributed by atoms with Crippen molar-refractivity contribution in [3.05, 3.63) is 23.7 Å². The molecule has 0 unspecified atom stereocenters. The van der Waals surface area contributed by atoms with Gasteiger partial charge in [-0.2, -0.15) is 0 Å². The van der Waals surface area contributed by atoms with Crippen LogP contribution in [0.25, 0.3) is 0 Å². The van der Waals surface area contributed by atoms with Crippen LogP contribution in [0.15, 0.2) is 16.7 Å². The largest absolute Gasteiger partial charge is 0.481 e. The first-order valence-electron chi connectivity index (χ1n) is 6.63. The number of rotatable bonds is 3.